The van der Waals surface area contributed by atoms with Gasteiger partial charge in [0.25, 0.3) is 0 Å². The van der Waals surface area contributed by atoms with Gasteiger partial charge in [-0.1, -0.05) is 26.0 Å². The first-order chi connectivity index (χ1) is 4.09. The van der Waals surface area contributed by atoms with Gasteiger partial charge in [0.2, 0.25) is 0 Å². The molecule has 1 heteroatoms. The first-order valence-corrected chi connectivity index (χ1v) is 3.43. The summed E-state index contributed by atoms with van der Waals surface area (Å²) in [6.45, 7) is 9.68. The molecule has 0 unspecified atom stereocenters. The molecule has 0 aromatic heterocycles. The zero-order valence-electron chi connectivity index (χ0n) is 6.52. The lowest BCUT2D eigenvalue weighted by Crippen LogP contribution is -2.16. The summed E-state index contributed by atoms with van der Waals surface area (Å²) in [5.41, 5.74) is 1.06. The van der Waals surface area contributed by atoms with Gasteiger partial charge in [0.15, 0.2) is 0 Å². The van der Waals surface area contributed by atoms with Crippen LogP contribution >= 0.6 is 0 Å². The lowest BCUT2D eigenvalue weighted by atomic mass is 9.96. The van der Waals surface area contributed by atoms with E-state index in [1.807, 2.05) is 20.8 Å². The number of hydrogen-bond donors (Lipinski definition) is 1. The second-order valence-electron chi connectivity index (χ2n) is 2.61. The molecule has 2 atom stereocenters. The summed E-state index contributed by atoms with van der Waals surface area (Å²) in [7, 11) is 0. The van der Waals surface area contributed by atoms with Crippen molar-refractivity contribution in [2.24, 2.45) is 5.92 Å². The minimum absolute atomic E-state index is 0.206. The maximum Gasteiger partial charge on any atom is 0.0600 e. The molecule has 0 bridgehead atoms. The van der Waals surface area contributed by atoms with Gasteiger partial charge in [-0.25, -0.2) is 0 Å². The van der Waals surface area contributed by atoms with Gasteiger partial charge in [0.05, 0.1) is 6.10 Å². The zero-order chi connectivity index (χ0) is 7.44. The van der Waals surface area contributed by atoms with E-state index in [1.165, 1.54) is 0 Å². The van der Waals surface area contributed by atoms with Crippen molar-refractivity contribution in [1.82, 2.24) is 0 Å². The van der Waals surface area contributed by atoms with Gasteiger partial charge in [0.1, 0.15) is 0 Å². The van der Waals surface area contributed by atoms with Crippen LogP contribution in [0, 0.1) is 5.92 Å². The summed E-state index contributed by atoms with van der Waals surface area (Å²) in [5, 5.41) is 9.24. The van der Waals surface area contributed by atoms with Gasteiger partial charge in [0, 0.05) is 5.92 Å². The van der Waals surface area contributed by atoms with Crippen molar-refractivity contribution in [3.8, 4) is 0 Å². The van der Waals surface area contributed by atoms with Crippen molar-refractivity contribution in [1.29, 1.82) is 0 Å². The molecule has 0 aromatic carbocycles. The minimum Gasteiger partial charge on any atom is -0.393 e. The Labute approximate surface area is 57.4 Å². The molecular weight excluding hydrogens is 112 g/mol. The van der Waals surface area contributed by atoms with E-state index < -0.39 is 0 Å². The van der Waals surface area contributed by atoms with E-state index in [-0.39, 0.29) is 12.0 Å². The van der Waals surface area contributed by atoms with Crippen LogP contribution in [0.25, 0.3) is 0 Å². The lowest BCUT2D eigenvalue weighted by molar-refractivity contribution is 0.129. The summed E-state index contributed by atoms with van der Waals surface area (Å²) >= 11 is 0. The minimum atomic E-state index is -0.206. The quantitative estimate of drug-likeness (QED) is 0.576. The van der Waals surface area contributed by atoms with Crippen molar-refractivity contribution in [2.45, 2.75) is 33.3 Å². The zero-order valence-corrected chi connectivity index (χ0v) is 6.52. The number of rotatable bonds is 3. The van der Waals surface area contributed by atoms with E-state index in [9.17, 15) is 5.11 Å². The van der Waals surface area contributed by atoms with E-state index in [0.29, 0.717) is 0 Å². The van der Waals surface area contributed by atoms with Crippen LogP contribution in [0.2, 0.25) is 0 Å². The smallest absolute Gasteiger partial charge is 0.0600 e. The molecule has 0 aliphatic carbocycles. The van der Waals surface area contributed by atoms with Crippen molar-refractivity contribution in [3.63, 3.8) is 0 Å². The lowest BCUT2D eigenvalue weighted by Gasteiger charge is -2.16. The average molecular weight is 128 g/mol. The predicted octanol–water partition coefficient (Wildman–Crippen LogP) is 1.97. The number of hydrogen-bond acceptors (Lipinski definition) is 1. The molecule has 0 saturated carbocycles. The SMILES string of the molecule is C=C(C)[C@H](C)[C@@H](O)CC. The summed E-state index contributed by atoms with van der Waals surface area (Å²) in [6.07, 6.45) is 0.607. The Kier molecular flexibility index (Phi) is 3.55. The van der Waals surface area contributed by atoms with Crippen LogP contribution in [0.15, 0.2) is 12.2 Å². The molecular formula is C8H16O. The van der Waals surface area contributed by atoms with Crippen molar-refractivity contribution >= 4 is 0 Å². The molecule has 0 spiro atoms. The Bertz CT molecular complexity index is 96.7. The molecule has 0 heterocycles. The standard InChI is InChI=1S/C8H16O/c1-5-8(9)7(4)6(2)3/h7-9H,2,5H2,1,3-4H3/t7-,8-/m0/s1. The van der Waals surface area contributed by atoms with Crippen molar-refractivity contribution < 1.29 is 5.11 Å². The number of aliphatic hydroxyl groups excluding tert-OH is 1. The fourth-order valence-corrected chi connectivity index (χ4v) is 0.682. The molecule has 0 saturated heterocycles. The highest BCUT2D eigenvalue weighted by Gasteiger charge is 2.11. The van der Waals surface area contributed by atoms with E-state index in [1.54, 1.807) is 0 Å². The molecule has 0 aliphatic heterocycles. The second-order valence-corrected chi connectivity index (χ2v) is 2.61. The highest BCUT2D eigenvalue weighted by Crippen LogP contribution is 2.13. The fourth-order valence-electron chi connectivity index (χ4n) is 0.682. The van der Waals surface area contributed by atoms with Crippen molar-refractivity contribution in [2.75, 3.05) is 0 Å². The fraction of sp³-hybridized carbons (Fsp3) is 0.750. The first kappa shape index (κ1) is 8.70. The monoisotopic (exact) mass is 128 g/mol. The maximum absolute atomic E-state index is 9.24. The summed E-state index contributed by atoms with van der Waals surface area (Å²) in [6, 6.07) is 0. The number of aliphatic hydroxyl groups is 1. The second kappa shape index (κ2) is 3.67. The third-order valence-electron chi connectivity index (χ3n) is 1.77. The van der Waals surface area contributed by atoms with Crippen LogP contribution in [0.3, 0.4) is 0 Å². The molecule has 9 heavy (non-hydrogen) atoms. The Hall–Kier alpha value is -0.300. The topological polar surface area (TPSA) is 20.2 Å². The Morgan fingerprint density at radius 2 is 2.11 bits per heavy atom. The third kappa shape index (κ3) is 2.66. The normalized spacial score (nSPS) is 16.9. The first-order valence-electron chi connectivity index (χ1n) is 3.43. The van der Waals surface area contributed by atoms with E-state index in [0.717, 1.165) is 12.0 Å². The summed E-state index contributed by atoms with van der Waals surface area (Å²) < 4.78 is 0. The van der Waals surface area contributed by atoms with Gasteiger partial charge in [-0.15, -0.1) is 0 Å². The van der Waals surface area contributed by atoms with Crippen LogP contribution in [-0.2, 0) is 0 Å². The molecule has 0 rings (SSSR count). The largest absolute Gasteiger partial charge is 0.393 e. The molecule has 1 N–H and O–H groups in total. The van der Waals surface area contributed by atoms with E-state index >= 15 is 0 Å². The Morgan fingerprint density at radius 1 is 1.67 bits per heavy atom. The van der Waals surface area contributed by atoms with Gasteiger partial charge in [-0.2, -0.15) is 0 Å². The summed E-state index contributed by atoms with van der Waals surface area (Å²) in [4.78, 5) is 0. The Morgan fingerprint density at radius 3 is 2.22 bits per heavy atom. The molecule has 0 amide bonds. The highest BCUT2D eigenvalue weighted by atomic mass is 16.3. The van der Waals surface area contributed by atoms with Crippen LogP contribution in [0.5, 0.6) is 0 Å². The average Bonchev–Trinajstić information content (AvgIpc) is 1.84. The third-order valence-corrected chi connectivity index (χ3v) is 1.77. The maximum atomic E-state index is 9.24. The molecule has 0 fully saturated rings. The predicted molar refractivity (Wildman–Crippen MR) is 40.3 cm³/mol. The Balaban J connectivity index is 3.72. The van der Waals surface area contributed by atoms with Gasteiger partial charge in [-0.3, -0.25) is 0 Å². The molecule has 54 valence electrons. The van der Waals surface area contributed by atoms with Crippen LogP contribution in [-0.4, -0.2) is 11.2 Å². The highest BCUT2D eigenvalue weighted by molar-refractivity contribution is 4.96. The summed E-state index contributed by atoms with van der Waals surface area (Å²) in [5.74, 6) is 0.245. The van der Waals surface area contributed by atoms with Crippen LogP contribution in [0.4, 0.5) is 0 Å². The molecule has 0 aromatic rings. The van der Waals surface area contributed by atoms with Crippen LogP contribution < -0.4 is 0 Å². The van der Waals surface area contributed by atoms with Gasteiger partial charge >= 0.3 is 0 Å². The molecule has 0 radical (unpaired) electrons. The van der Waals surface area contributed by atoms with E-state index in [4.69, 9.17) is 0 Å². The van der Waals surface area contributed by atoms with Gasteiger partial charge < -0.3 is 5.11 Å². The van der Waals surface area contributed by atoms with E-state index in [2.05, 4.69) is 6.58 Å². The van der Waals surface area contributed by atoms with Gasteiger partial charge in [-0.05, 0) is 13.3 Å². The molecule has 0 aliphatic rings. The molecule has 1 nitrogen and oxygen atoms in total. The van der Waals surface area contributed by atoms with Crippen molar-refractivity contribution in [3.05, 3.63) is 12.2 Å². The van der Waals surface area contributed by atoms with Crippen LogP contribution in [0.1, 0.15) is 27.2 Å².